The van der Waals surface area contributed by atoms with Gasteiger partial charge in [0.2, 0.25) is 0 Å². The van der Waals surface area contributed by atoms with Crippen molar-refractivity contribution >= 4 is 34.7 Å². The second-order valence-corrected chi connectivity index (χ2v) is 10.7. The lowest BCUT2D eigenvalue weighted by molar-refractivity contribution is -0.118. The number of anilines is 1. The number of Topliss-reactive ketones (excluding diaryl/α,β-unsaturated/α-hetero) is 1. The molecule has 0 bridgehead atoms. The molecule has 2 N–H and O–H groups in total. The van der Waals surface area contributed by atoms with Gasteiger partial charge in [-0.15, -0.1) is 11.3 Å². The molecule has 0 spiro atoms. The molecule has 2 aromatic heterocycles. The summed E-state index contributed by atoms with van der Waals surface area (Å²) in [4.78, 5) is 34.9. The van der Waals surface area contributed by atoms with Crippen molar-refractivity contribution in [3.63, 3.8) is 0 Å². The average molecular weight is 430 g/mol. The third-order valence-corrected chi connectivity index (χ3v) is 7.41. The average Bonchev–Trinajstić information content (AvgIpc) is 3.17. The van der Waals surface area contributed by atoms with E-state index in [0.29, 0.717) is 23.0 Å². The summed E-state index contributed by atoms with van der Waals surface area (Å²) >= 11 is 3.17. The van der Waals surface area contributed by atoms with Gasteiger partial charge in [-0.1, -0.05) is 51.4 Å². The Labute approximate surface area is 179 Å². The highest BCUT2D eigenvalue weighted by atomic mass is 32.2. The summed E-state index contributed by atoms with van der Waals surface area (Å²) in [6, 6.07) is 3.98. The number of unbranched alkanes of at least 4 members (excludes halogenated alkanes) is 2. The second-order valence-electron chi connectivity index (χ2n) is 8.60. The number of hydrogen-bond donors (Lipinski definition) is 2. The Morgan fingerprint density at radius 3 is 2.83 bits per heavy atom. The number of H-pyrrole nitrogens is 1. The van der Waals surface area contributed by atoms with Crippen LogP contribution in [0.1, 0.15) is 69.2 Å². The van der Waals surface area contributed by atoms with Crippen LogP contribution in [-0.4, -0.2) is 21.5 Å². The smallest absolute Gasteiger partial charge is 0.257 e. The van der Waals surface area contributed by atoms with Crippen LogP contribution in [0, 0.1) is 5.41 Å². The molecule has 1 atom stereocenters. The molecule has 2 aliphatic rings. The van der Waals surface area contributed by atoms with Gasteiger partial charge in [0.25, 0.3) is 5.56 Å². The molecular formula is C22H27N3O2S2. The normalized spacial score (nSPS) is 20.2. The zero-order valence-electron chi connectivity index (χ0n) is 17.1. The van der Waals surface area contributed by atoms with Crippen molar-refractivity contribution in [1.29, 1.82) is 0 Å². The van der Waals surface area contributed by atoms with Crippen LogP contribution < -0.4 is 10.9 Å². The van der Waals surface area contributed by atoms with Gasteiger partial charge in [-0.2, -0.15) is 0 Å². The number of hydrogen-bond acceptors (Lipinski definition) is 6. The van der Waals surface area contributed by atoms with Crippen LogP contribution in [0.25, 0.3) is 0 Å². The fraction of sp³-hybridized carbons (Fsp3) is 0.500. The van der Waals surface area contributed by atoms with Gasteiger partial charge in [0.15, 0.2) is 10.9 Å². The van der Waals surface area contributed by atoms with Crippen molar-refractivity contribution in [2.75, 3.05) is 11.1 Å². The molecule has 0 saturated heterocycles. The predicted molar refractivity (Wildman–Crippen MR) is 120 cm³/mol. The molecule has 4 rings (SSSR count). The first-order valence-corrected chi connectivity index (χ1v) is 12.1. The van der Waals surface area contributed by atoms with E-state index in [1.54, 1.807) is 23.1 Å². The minimum Gasteiger partial charge on any atom is -0.343 e. The first-order valence-electron chi connectivity index (χ1n) is 10.2. The van der Waals surface area contributed by atoms with E-state index in [1.165, 1.54) is 12.8 Å². The van der Waals surface area contributed by atoms with E-state index in [-0.39, 0.29) is 22.7 Å². The van der Waals surface area contributed by atoms with Crippen molar-refractivity contribution in [3.05, 3.63) is 49.6 Å². The highest BCUT2D eigenvalue weighted by molar-refractivity contribution is 7.99. The number of allylic oxidation sites excluding steroid dienone is 2. The standard InChI is InChI=1S/C22H27N3O2S2/c1-4-5-6-9-29-21-24-19-18(20(27)25-21)17(15-8-7-10-28-15)16-13(23-19)11-22(2,3)12-14(16)26/h7-8,10,17H,4-6,9,11-12H2,1-3H3,(H2,23,24,25,27). The molecule has 0 aromatic carbocycles. The number of rotatable bonds is 6. The Morgan fingerprint density at radius 1 is 1.28 bits per heavy atom. The molecule has 0 amide bonds. The molecule has 5 nitrogen and oxygen atoms in total. The first kappa shape index (κ1) is 20.4. The summed E-state index contributed by atoms with van der Waals surface area (Å²) in [6.07, 6.45) is 4.73. The fourth-order valence-electron chi connectivity index (χ4n) is 4.22. The molecule has 154 valence electrons. The largest absolute Gasteiger partial charge is 0.343 e. The Bertz CT molecular complexity index is 1010. The highest BCUT2D eigenvalue weighted by Crippen LogP contribution is 2.48. The Balaban J connectivity index is 1.77. The molecule has 3 heterocycles. The van der Waals surface area contributed by atoms with Crippen LogP contribution in [0.3, 0.4) is 0 Å². The number of ketones is 1. The summed E-state index contributed by atoms with van der Waals surface area (Å²) in [5.74, 6) is 1.34. The molecule has 0 saturated carbocycles. The number of carbonyl (C=O) groups excluding carboxylic acids is 1. The number of carbonyl (C=O) groups is 1. The Kier molecular flexibility index (Phi) is 5.71. The Morgan fingerprint density at radius 2 is 2.10 bits per heavy atom. The zero-order valence-corrected chi connectivity index (χ0v) is 18.8. The molecule has 29 heavy (non-hydrogen) atoms. The van der Waals surface area contributed by atoms with Gasteiger partial charge < -0.3 is 10.3 Å². The predicted octanol–water partition coefficient (Wildman–Crippen LogP) is 5.31. The van der Waals surface area contributed by atoms with Gasteiger partial charge in [0, 0.05) is 28.3 Å². The lowest BCUT2D eigenvalue weighted by Gasteiger charge is -2.38. The van der Waals surface area contributed by atoms with E-state index in [1.807, 2.05) is 17.5 Å². The van der Waals surface area contributed by atoms with Crippen LogP contribution in [0.5, 0.6) is 0 Å². The van der Waals surface area contributed by atoms with Gasteiger partial charge in [-0.3, -0.25) is 9.59 Å². The molecule has 1 aliphatic heterocycles. The van der Waals surface area contributed by atoms with Crippen molar-refractivity contribution in [2.24, 2.45) is 5.41 Å². The van der Waals surface area contributed by atoms with Crippen LogP contribution in [0.15, 0.2) is 38.7 Å². The number of aromatic nitrogens is 2. The monoisotopic (exact) mass is 429 g/mol. The minimum atomic E-state index is -0.333. The number of nitrogens with one attached hydrogen (secondary N) is 2. The highest BCUT2D eigenvalue weighted by Gasteiger charge is 2.42. The number of fused-ring (bicyclic) bond motifs is 1. The number of aromatic amines is 1. The summed E-state index contributed by atoms with van der Waals surface area (Å²) in [5.41, 5.74) is 1.99. The molecule has 7 heteroatoms. The number of thiophene rings is 1. The van der Waals surface area contributed by atoms with E-state index in [0.717, 1.165) is 34.7 Å². The summed E-state index contributed by atoms with van der Waals surface area (Å²) < 4.78 is 0. The number of nitrogens with zero attached hydrogens (tertiary/aromatic N) is 1. The molecule has 2 aromatic rings. The maximum Gasteiger partial charge on any atom is 0.257 e. The zero-order chi connectivity index (χ0) is 20.6. The quantitative estimate of drug-likeness (QED) is 0.369. The summed E-state index contributed by atoms with van der Waals surface area (Å²) in [6.45, 7) is 6.41. The van der Waals surface area contributed by atoms with Crippen LogP contribution >= 0.6 is 23.1 Å². The molecule has 1 unspecified atom stereocenters. The van der Waals surface area contributed by atoms with E-state index >= 15 is 0 Å². The maximum atomic E-state index is 13.1. The van der Waals surface area contributed by atoms with E-state index in [9.17, 15) is 9.59 Å². The van der Waals surface area contributed by atoms with Crippen molar-refractivity contribution < 1.29 is 4.79 Å². The summed E-state index contributed by atoms with van der Waals surface area (Å²) in [7, 11) is 0. The molecule has 0 fully saturated rings. The fourth-order valence-corrected chi connectivity index (χ4v) is 5.93. The first-order chi connectivity index (χ1) is 13.9. The number of thioether (sulfide) groups is 1. The third kappa shape index (κ3) is 4.08. The van der Waals surface area contributed by atoms with Crippen LogP contribution in [-0.2, 0) is 4.79 Å². The van der Waals surface area contributed by atoms with Crippen molar-refractivity contribution in [3.8, 4) is 0 Å². The van der Waals surface area contributed by atoms with Crippen LogP contribution in [0.2, 0.25) is 0 Å². The van der Waals surface area contributed by atoms with E-state index in [4.69, 9.17) is 4.98 Å². The van der Waals surface area contributed by atoms with E-state index in [2.05, 4.69) is 31.1 Å². The Hall–Kier alpha value is -1.86. The van der Waals surface area contributed by atoms with Crippen molar-refractivity contribution in [2.45, 2.75) is 63.9 Å². The molecule has 1 aliphatic carbocycles. The van der Waals surface area contributed by atoms with Gasteiger partial charge in [-0.05, 0) is 29.7 Å². The third-order valence-electron chi connectivity index (χ3n) is 5.51. The lowest BCUT2D eigenvalue weighted by atomic mass is 9.70. The SMILES string of the molecule is CCCCCSc1nc2c(c(=O)[nH]1)C(c1cccs1)C1=C(CC(C)(C)CC1=O)N2. The van der Waals surface area contributed by atoms with Crippen molar-refractivity contribution in [1.82, 2.24) is 9.97 Å². The molecule has 0 radical (unpaired) electrons. The van der Waals surface area contributed by atoms with E-state index < -0.39 is 0 Å². The van der Waals surface area contributed by atoms with Crippen LogP contribution in [0.4, 0.5) is 5.82 Å². The van der Waals surface area contributed by atoms with Gasteiger partial charge in [0.1, 0.15) is 5.82 Å². The summed E-state index contributed by atoms with van der Waals surface area (Å²) in [5, 5.41) is 6.02. The molecular weight excluding hydrogens is 402 g/mol. The van der Waals surface area contributed by atoms with Gasteiger partial charge in [0.05, 0.1) is 11.5 Å². The maximum absolute atomic E-state index is 13.1. The van der Waals surface area contributed by atoms with Gasteiger partial charge in [-0.25, -0.2) is 4.98 Å². The lowest BCUT2D eigenvalue weighted by Crippen LogP contribution is -2.36. The van der Waals surface area contributed by atoms with Gasteiger partial charge >= 0.3 is 0 Å². The minimum absolute atomic E-state index is 0.0979. The topological polar surface area (TPSA) is 74.8 Å². The second kappa shape index (κ2) is 8.11.